The van der Waals surface area contributed by atoms with E-state index in [0.29, 0.717) is 11.3 Å². The fraction of sp³-hybridized carbons (Fsp3) is 0.300. The summed E-state index contributed by atoms with van der Waals surface area (Å²) in [5.41, 5.74) is 6.55. The van der Waals surface area contributed by atoms with Crippen LogP contribution in [0.25, 0.3) is 0 Å². The summed E-state index contributed by atoms with van der Waals surface area (Å²) in [6.45, 7) is 3.25. The summed E-state index contributed by atoms with van der Waals surface area (Å²) in [5.74, 6) is -0.322. The van der Waals surface area contributed by atoms with Gasteiger partial charge in [-0.25, -0.2) is 0 Å². The topological polar surface area (TPSA) is 98.3 Å². The molecule has 1 amide bonds. The molecule has 1 rings (SSSR count). The van der Waals surface area contributed by atoms with Gasteiger partial charge in [0.25, 0.3) is 5.69 Å². The number of benzene rings is 1. The maximum Gasteiger partial charge on any atom is 0.269 e. The lowest BCUT2D eigenvalue weighted by Crippen LogP contribution is -2.32. The first-order valence-corrected chi connectivity index (χ1v) is 4.73. The van der Waals surface area contributed by atoms with Crippen LogP contribution < -0.4 is 11.1 Å². The van der Waals surface area contributed by atoms with Crippen LogP contribution in [0.3, 0.4) is 0 Å². The first-order valence-electron chi connectivity index (χ1n) is 4.73. The fourth-order valence-electron chi connectivity index (χ4n) is 1.15. The maximum absolute atomic E-state index is 11.3. The molecule has 1 aromatic rings. The van der Waals surface area contributed by atoms with E-state index < -0.39 is 11.0 Å². The minimum Gasteiger partial charge on any atom is -0.324 e. The zero-order chi connectivity index (χ0) is 12.3. The number of hydrogen-bond donors (Lipinski definition) is 2. The molecule has 0 saturated carbocycles. The number of hydrogen-bond acceptors (Lipinski definition) is 4. The summed E-state index contributed by atoms with van der Waals surface area (Å²) in [5, 5.41) is 13.1. The average molecular weight is 223 g/mol. The summed E-state index contributed by atoms with van der Waals surface area (Å²) in [7, 11) is 0. The number of nitro benzene ring substituents is 1. The van der Waals surface area contributed by atoms with Crippen LogP contribution in [0.4, 0.5) is 11.4 Å². The van der Waals surface area contributed by atoms with Crippen LogP contribution in [0.1, 0.15) is 12.5 Å². The molecule has 0 fully saturated rings. The predicted octanol–water partition coefficient (Wildman–Crippen LogP) is 1.19. The minimum atomic E-state index is -0.616. The third-order valence-corrected chi connectivity index (χ3v) is 2.09. The predicted molar refractivity (Wildman–Crippen MR) is 60.1 cm³/mol. The number of nitrogens with two attached hydrogens (primary N) is 1. The van der Waals surface area contributed by atoms with Crippen LogP contribution in [0, 0.1) is 17.0 Å². The second-order valence-corrected chi connectivity index (χ2v) is 3.53. The van der Waals surface area contributed by atoms with Crippen molar-refractivity contribution in [2.45, 2.75) is 19.9 Å². The molecule has 86 valence electrons. The molecule has 0 heterocycles. The Labute approximate surface area is 92.6 Å². The average Bonchev–Trinajstić information content (AvgIpc) is 2.20. The molecule has 0 spiro atoms. The van der Waals surface area contributed by atoms with Crippen molar-refractivity contribution in [3.05, 3.63) is 33.9 Å². The number of nitrogens with one attached hydrogen (secondary N) is 1. The van der Waals surface area contributed by atoms with Gasteiger partial charge < -0.3 is 11.1 Å². The number of non-ortho nitro benzene ring substituents is 1. The third kappa shape index (κ3) is 2.77. The summed E-state index contributed by atoms with van der Waals surface area (Å²) < 4.78 is 0. The number of aryl methyl sites for hydroxylation is 1. The second-order valence-electron chi connectivity index (χ2n) is 3.53. The molecule has 0 aliphatic heterocycles. The van der Waals surface area contributed by atoms with Crippen molar-refractivity contribution in [2.24, 2.45) is 5.73 Å². The highest BCUT2D eigenvalue weighted by Gasteiger charge is 2.12. The second kappa shape index (κ2) is 4.71. The maximum atomic E-state index is 11.3. The van der Waals surface area contributed by atoms with Crippen molar-refractivity contribution >= 4 is 17.3 Å². The highest BCUT2D eigenvalue weighted by molar-refractivity contribution is 5.95. The van der Waals surface area contributed by atoms with Gasteiger partial charge in [0.2, 0.25) is 5.91 Å². The van der Waals surface area contributed by atoms with Gasteiger partial charge in [-0.05, 0) is 25.5 Å². The Morgan fingerprint density at radius 3 is 2.62 bits per heavy atom. The summed E-state index contributed by atoms with van der Waals surface area (Å²) >= 11 is 0. The van der Waals surface area contributed by atoms with Crippen molar-refractivity contribution in [2.75, 3.05) is 5.32 Å². The van der Waals surface area contributed by atoms with Gasteiger partial charge in [0.15, 0.2) is 0 Å². The molecule has 16 heavy (non-hydrogen) atoms. The van der Waals surface area contributed by atoms with Gasteiger partial charge in [-0.2, -0.15) is 0 Å². The number of rotatable bonds is 3. The SMILES string of the molecule is Cc1cc([N+](=O)[O-])ccc1NC(=O)[C@@H](C)N. The number of nitro groups is 1. The standard InChI is InChI=1S/C10H13N3O3/c1-6-5-8(13(15)16)3-4-9(6)12-10(14)7(2)11/h3-5,7H,11H2,1-2H3,(H,12,14)/t7-/m1/s1. The van der Waals surface area contributed by atoms with Crippen molar-refractivity contribution < 1.29 is 9.72 Å². The third-order valence-electron chi connectivity index (χ3n) is 2.09. The van der Waals surface area contributed by atoms with Gasteiger partial charge in [-0.15, -0.1) is 0 Å². The first-order chi connectivity index (χ1) is 7.41. The molecule has 0 bridgehead atoms. The number of carbonyl (C=O) groups is 1. The summed E-state index contributed by atoms with van der Waals surface area (Å²) in [4.78, 5) is 21.3. The highest BCUT2D eigenvalue weighted by atomic mass is 16.6. The molecule has 0 aliphatic rings. The van der Waals surface area contributed by atoms with E-state index in [-0.39, 0.29) is 11.6 Å². The van der Waals surface area contributed by atoms with Crippen LogP contribution in [0.15, 0.2) is 18.2 Å². The molecule has 0 radical (unpaired) electrons. The van der Waals surface area contributed by atoms with E-state index in [1.807, 2.05) is 0 Å². The van der Waals surface area contributed by atoms with Crippen LogP contribution in [0.5, 0.6) is 0 Å². The lowest BCUT2D eigenvalue weighted by Gasteiger charge is -2.09. The van der Waals surface area contributed by atoms with Crippen LogP contribution in [-0.4, -0.2) is 16.9 Å². The number of nitrogens with zero attached hydrogens (tertiary/aromatic N) is 1. The molecule has 1 atom stereocenters. The fourth-order valence-corrected chi connectivity index (χ4v) is 1.15. The minimum absolute atomic E-state index is 0.00343. The molecular weight excluding hydrogens is 210 g/mol. The van der Waals surface area contributed by atoms with Gasteiger partial charge >= 0.3 is 0 Å². The number of anilines is 1. The Kier molecular flexibility index (Phi) is 3.57. The number of carbonyl (C=O) groups excluding carboxylic acids is 1. The Morgan fingerprint density at radius 1 is 1.56 bits per heavy atom. The zero-order valence-corrected chi connectivity index (χ0v) is 9.06. The quantitative estimate of drug-likeness (QED) is 0.593. The van der Waals surface area contributed by atoms with Gasteiger partial charge in [0, 0.05) is 17.8 Å². The zero-order valence-electron chi connectivity index (χ0n) is 9.06. The summed E-state index contributed by atoms with van der Waals surface area (Å²) in [6.07, 6.45) is 0. The molecule has 0 aliphatic carbocycles. The molecule has 0 unspecified atom stereocenters. The van der Waals surface area contributed by atoms with E-state index in [4.69, 9.17) is 5.73 Å². The molecule has 3 N–H and O–H groups in total. The highest BCUT2D eigenvalue weighted by Crippen LogP contribution is 2.21. The van der Waals surface area contributed by atoms with Gasteiger partial charge in [-0.1, -0.05) is 0 Å². The lowest BCUT2D eigenvalue weighted by molar-refractivity contribution is -0.384. The Hall–Kier alpha value is -1.95. The number of amides is 1. The van der Waals surface area contributed by atoms with Crippen LogP contribution >= 0.6 is 0 Å². The Balaban J connectivity index is 2.91. The van der Waals surface area contributed by atoms with Crippen molar-refractivity contribution in [1.29, 1.82) is 0 Å². The first kappa shape index (κ1) is 12.1. The lowest BCUT2D eigenvalue weighted by atomic mass is 10.1. The molecule has 1 aromatic carbocycles. The smallest absolute Gasteiger partial charge is 0.269 e. The molecular formula is C10H13N3O3. The molecule has 6 nitrogen and oxygen atoms in total. The van der Waals surface area contributed by atoms with E-state index in [1.54, 1.807) is 13.8 Å². The molecule has 0 aromatic heterocycles. The largest absolute Gasteiger partial charge is 0.324 e. The van der Waals surface area contributed by atoms with Gasteiger partial charge in [0.1, 0.15) is 0 Å². The van der Waals surface area contributed by atoms with Gasteiger partial charge in [0.05, 0.1) is 11.0 Å². The van der Waals surface area contributed by atoms with Crippen molar-refractivity contribution in [1.82, 2.24) is 0 Å². The van der Waals surface area contributed by atoms with E-state index in [0.717, 1.165) is 0 Å². The van der Waals surface area contributed by atoms with E-state index in [1.165, 1.54) is 18.2 Å². The Morgan fingerprint density at radius 2 is 2.19 bits per heavy atom. The van der Waals surface area contributed by atoms with Gasteiger partial charge in [-0.3, -0.25) is 14.9 Å². The molecule has 0 saturated heterocycles. The van der Waals surface area contributed by atoms with Crippen molar-refractivity contribution in [3.63, 3.8) is 0 Å². The van der Waals surface area contributed by atoms with E-state index >= 15 is 0 Å². The van der Waals surface area contributed by atoms with Crippen molar-refractivity contribution in [3.8, 4) is 0 Å². The normalized spacial score (nSPS) is 11.9. The van der Waals surface area contributed by atoms with Crippen LogP contribution in [-0.2, 0) is 4.79 Å². The monoisotopic (exact) mass is 223 g/mol. The van der Waals surface area contributed by atoms with Crippen LogP contribution in [0.2, 0.25) is 0 Å². The molecule has 6 heteroatoms. The van der Waals surface area contributed by atoms with E-state index in [2.05, 4.69) is 5.32 Å². The summed E-state index contributed by atoms with van der Waals surface area (Å²) in [6, 6.07) is 3.61. The van der Waals surface area contributed by atoms with E-state index in [9.17, 15) is 14.9 Å². The Bertz CT molecular complexity index is 429.